The van der Waals surface area contributed by atoms with Gasteiger partial charge >= 0.3 is 5.97 Å². The van der Waals surface area contributed by atoms with E-state index in [1.54, 1.807) is 18.2 Å². The average molecular weight is 274 g/mol. The molecule has 0 fully saturated rings. The van der Waals surface area contributed by atoms with Crippen LogP contribution in [0.2, 0.25) is 0 Å². The quantitative estimate of drug-likeness (QED) is 0.524. The number of carbonyl (C=O) groups excluding carboxylic acids is 2. The summed E-state index contributed by atoms with van der Waals surface area (Å²) in [6.45, 7) is 1.38. The van der Waals surface area contributed by atoms with Crippen molar-refractivity contribution >= 4 is 40.8 Å². The summed E-state index contributed by atoms with van der Waals surface area (Å²) in [6.07, 6.45) is 0. The highest BCUT2D eigenvalue weighted by molar-refractivity contribution is 6.45. The van der Waals surface area contributed by atoms with Gasteiger partial charge in [-0.3, -0.25) is 4.79 Å². The van der Waals surface area contributed by atoms with Gasteiger partial charge in [-0.2, -0.15) is 0 Å². The van der Waals surface area contributed by atoms with Crippen LogP contribution < -0.4 is 10.1 Å². The van der Waals surface area contributed by atoms with Gasteiger partial charge in [-0.15, -0.1) is 0 Å². The molecular formula is C11H9Cl2NO3. The zero-order valence-corrected chi connectivity index (χ0v) is 10.4. The molecule has 0 aliphatic heterocycles. The van der Waals surface area contributed by atoms with Crippen LogP contribution in [0.25, 0.3) is 0 Å². The van der Waals surface area contributed by atoms with E-state index in [0.29, 0.717) is 5.69 Å². The van der Waals surface area contributed by atoms with Gasteiger partial charge in [0.2, 0.25) is 5.91 Å². The van der Waals surface area contributed by atoms with Crippen LogP contribution in [0.1, 0.15) is 6.92 Å². The fourth-order valence-corrected chi connectivity index (χ4v) is 1.17. The molecule has 17 heavy (non-hydrogen) atoms. The summed E-state index contributed by atoms with van der Waals surface area (Å²) in [7, 11) is 0. The lowest BCUT2D eigenvalue weighted by molar-refractivity contribution is -0.129. The van der Waals surface area contributed by atoms with E-state index in [0.717, 1.165) is 5.54 Å². The number of hydrogen-bond donors (Lipinski definition) is 1. The van der Waals surface area contributed by atoms with Crippen LogP contribution in [0.5, 0.6) is 5.75 Å². The van der Waals surface area contributed by atoms with Crippen molar-refractivity contribution < 1.29 is 14.3 Å². The average Bonchev–Trinajstić information content (AvgIpc) is 2.27. The Balaban J connectivity index is 2.79. The molecule has 1 amide bonds. The summed E-state index contributed by atoms with van der Waals surface area (Å²) in [6, 6.07) is 6.35. The maximum Gasteiger partial charge on any atom is 0.356 e. The summed E-state index contributed by atoms with van der Waals surface area (Å²) in [5.41, 5.74) is 1.44. The number of hydrogen-bond acceptors (Lipinski definition) is 3. The SMILES string of the molecule is CC(=O)Nc1cccc(OC(=O)/C(Cl)=C/Cl)c1. The van der Waals surface area contributed by atoms with Crippen molar-refractivity contribution in [3.8, 4) is 5.75 Å². The maximum absolute atomic E-state index is 11.3. The maximum atomic E-state index is 11.3. The number of nitrogens with one attached hydrogen (secondary N) is 1. The van der Waals surface area contributed by atoms with Gasteiger partial charge in [0, 0.05) is 24.2 Å². The van der Waals surface area contributed by atoms with E-state index >= 15 is 0 Å². The Morgan fingerprint density at radius 3 is 2.71 bits per heavy atom. The number of esters is 1. The molecule has 1 rings (SSSR count). The monoisotopic (exact) mass is 273 g/mol. The molecule has 0 heterocycles. The number of benzene rings is 1. The zero-order chi connectivity index (χ0) is 12.8. The molecule has 4 nitrogen and oxygen atoms in total. The minimum Gasteiger partial charge on any atom is -0.422 e. The molecule has 0 aliphatic rings. The second-order valence-electron chi connectivity index (χ2n) is 3.06. The molecular weight excluding hydrogens is 265 g/mol. The van der Waals surface area contributed by atoms with Gasteiger partial charge in [0.05, 0.1) is 0 Å². The molecule has 1 aromatic rings. The van der Waals surface area contributed by atoms with Crippen LogP contribution in [-0.4, -0.2) is 11.9 Å². The largest absolute Gasteiger partial charge is 0.422 e. The molecule has 0 radical (unpaired) electrons. The van der Waals surface area contributed by atoms with Crippen molar-refractivity contribution in [1.29, 1.82) is 0 Å². The number of ether oxygens (including phenoxy) is 1. The fourth-order valence-electron chi connectivity index (χ4n) is 1.04. The van der Waals surface area contributed by atoms with Crippen LogP contribution >= 0.6 is 23.2 Å². The normalized spacial score (nSPS) is 10.9. The third kappa shape index (κ3) is 4.46. The molecule has 90 valence electrons. The Labute approximate surface area is 108 Å². The number of amides is 1. The number of halogens is 2. The van der Waals surface area contributed by atoms with Gasteiger partial charge in [0.1, 0.15) is 10.8 Å². The first-order valence-corrected chi connectivity index (χ1v) is 5.40. The summed E-state index contributed by atoms with van der Waals surface area (Å²) >= 11 is 10.7. The van der Waals surface area contributed by atoms with Gasteiger partial charge in [0.25, 0.3) is 0 Å². The van der Waals surface area contributed by atoms with Crippen molar-refractivity contribution in [2.45, 2.75) is 6.92 Å². The van der Waals surface area contributed by atoms with E-state index in [-0.39, 0.29) is 16.7 Å². The van der Waals surface area contributed by atoms with Gasteiger partial charge in [-0.05, 0) is 12.1 Å². The molecule has 0 spiro atoms. The third-order valence-electron chi connectivity index (χ3n) is 1.66. The Bertz CT molecular complexity index is 472. The molecule has 0 atom stereocenters. The Hall–Kier alpha value is -1.52. The van der Waals surface area contributed by atoms with E-state index in [4.69, 9.17) is 27.9 Å². The van der Waals surface area contributed by atoms with Crippen LogP contribution in [0.4, 0.5) is 5.69 Å². The predicted octanol–water partition coefficient (Wildman–Crippen LogP) is 2.87. The lowest BCUT2D eigenvalue weighted by Gasteiger charge is -2.06. The van der Waals surface area contributed by atoms with E-state index in [1.165, 1.54) is 13.0 Å². The summed E-state index contributed by atoms with van der Waals surface area (Å²) < 4.78 is 4.91. The Morgan fingerprint density at radius 2 is 2.12 bits per heavy atom. The lowest BCUT2D eigenvalue weighted by atomic mass is 10.3. The highest BCUT2D eigenvalue weighted by Crippen LogP contribution is 2.19. The standard InChI is InChI=1S/C11H9Cl2NO3/c1-7(15)14-8-3-2-4-9(5-8)17-11(16)10(13)6-12/h2-6H,1H3,(H,14,15)/b10-6-. The molecule has 6 heteroatoms. The summed E-state index contributed by atoms with van der Waals surface area (Å²) in [5.74, 6) is -0.716. The highest BCUT2D eigenvalue weighted by atomic mass is 35.5. The van der Waals surface area contributed by atoms with Gasteiger partial charge in [-0.25, -0.2) is 4.79 Å². The smallest absolute Gasteiger partial charge is 0.356 e. The van der Waals surface area contributed by atoms with E-state index < -0.39 is 5.97 Å². The fraction of sp³-hybridized carbons (Fsp3) is 0.0909. The summed E-state index contributed by atoms with van der Waals surface area (Å²) in [4.78, 5) is 22.1. The van der Waals surface area contributed by atoms with E-state index in [1.807, 2.05) is 0 Å². The van der Waals surface area contributed by atoms with Crippen molar-refractivity contribution in [2.75, 3.05) is 5.32 Å². The number of anilines is 1. The van der Waals surface area contributed by atoms with Crippen molar-refractivity contribution in [3.05, 3.63) is 34.8 Å². The summed E-state index contributed by atoms with van der Waals surface area (Å²) in [5, 5.41) is 2.33. The molecule has 0 unspecified atom stereocenters. The van der Waals surface area contributed by atoms with Crippen LogP contribution in [0.15, 0.2) is 34.8 Å². The Morgan fingerprint density at radius 1 is 1.41 bits per heavy atom. The van der Waals surface area contributed by atoms with E-state index in [2.05, 4.69) is 5.32 Å². The highest BCUT2D eigenvalue weighted by Gasteiger charge is 2.09. The van der Waals surface area contributed by atoms with Crippen LogP contribution in [0, 0.1) is 0 Å². The number of rotatable bonds is 3. The molecule has 0 aromatic heterocycles. The minimum atomic E-state index is -0.762. The van der Waals surface area contributed by atoms with Gasteiger partial charge < -0.3 is 10.1 Å². The third-order valence-corrected chi connectivity index (χ3v) is 2.25. The molecule has 1 N–H and O–H groups in total. The number of carbonyl (C=O) groups is 2. The zero-order valence-electron chi connectivity index (χ0n) is 8.87. The lowest BCUT2D eigenvalue weighted by Crippen LogP contribution is -2.09. The van der Waals surface area contributed by atoms with Crippen molar-refractivity contribution in [2.24, 2.45) is 0 Å². The predicted molar refractivity (Wildman–Crippen MR) is 66.2 cm³/mol. The first-order valence-electron chi connectivity index (χ1n) is 4.58. The molecule has 0 bridgehead atoms. The topological polar surface area (TPSA) is 55.4 Å². The first-order chi connectivity index (χ1) is 8.02. The minimum absolute atomic E-state index is 0.216. The molecule has 0 saturated carbocycles. The second-order valence-corrected chi connectivity index (χ2v) is 3.68. The van der Waals surface area contributed by atoms with Crippen molar-refractivity contribution in [3.63, 3.8) is 0 Å². The Kier molecular flexibility index (Phi) is 5.00. The van der Waals surface area contributed by atoms with Gasteiger partial charge in [-0.1, -0.05) is 29.3 Å². The molecule has 0 saturated heterocycles. The molecule has 1 aromatic carbocycles. The van der Waals surface area contributed by atoms with Crippen LogP contribution in [0.3, 0.4) is 0 Å². The van der Waals surface area contributed by atoms with Crippen LogP contribution in [-0.2, 0) is 9.59 Å². The first kappa shape index (κ1) is 13.5. The molecule has 0 aliphatic carbocycles. The van der Waals surface area contributed by atoms with Crippen molar-refractivity contribution in [1.82, 2.24) is 0 Å². The van der Waals surface area contributed by atoms with E-state index in [9.17, 15) is 9.59 Å². The van der Waals surface area contributed by atoms with Gasteiger partial charge in [0.15, 0.2) is 0 Å². The second kappa shape index (κ2) is 6.27.